The van der Waals surface area contributed by atoms with Crippen LogP contribution in [-0.4, -0.2) is 47.8 Å². The van der Waals surface area contributed by atoms with Gasteiger partial charge in [-0.2, -0.15) is 8.42 Å². The van der Waals surface area contributed by atoms with Crippen LogP contribution in [0.25, 0.3) is 44.6 Å². The molecule has 0 bridgehead atoms. The number of benzene rings is 1. The van der Waals surface area contributed by atoms with Crippen molar-refractivity contribution in [1.29, 1.82) is 0 Å². The first-order valence-corrected chi connectivity index (χ1v) is 12.2. The van der Waals surface area contributed by atoms with Crippen LogP contribution in [0.5, 0.6) is 0 Å². The van der Waals surface area contributed by atoms with Crippen LogP contribution in [0.2, 0.25) is 0 Å². The lowest BCUT2D eigenvalue weighted by atomic mass is 10.1. The van der Waals surface area contributed by atoms with Gasteiger partial charge in [0, 0.05) is 31.2 Å². The number of fused-ring (bicyclic) bond motifs is 3. The predicted molar refractivity (Wildman–Crippen MR) is 130 cm³/mol. The van der Waals surface area contributed by atoms with Gasteiger partial charge in [0.15, 0.2) is 11.3 Å². The van der Waals surface area contributed by atoms with E-state index in [4.69, 9.17) is 14.5 Å². The molecule has 0 unspecified atom stereocenters. The normalized spacial score (nSPS) is 11.8. The van der Waals surface area contributed by atoms with Gasteiger partial charge < -0.3 is 9.13 Å². The fraction of sp³-hybridized carbons (Fsp3) is 0.304. The van der Waals surface area contributed by atoms with Crippen LogP contribution >= 0.6 is 0 Å². The van der Waals surface area contributed by atoms with Gasteiger partial charge in [-0.25, -0.2) is 15.0 Å². The molecule has 0 saturated heterocycles. The zero-order valence-corrected chi connectivity index (χ0v) is 20.1. The minimum Gasteiger partial charge on any atom is -0.330 e. The number of pyridine rings is 2. The second-order valence-corrected chi connectivity index (χ2v) is 9.66. The number of hydrogen-bond acceptors (Lipinski definition) is 6. The standard InChI is InChI=1S/C20H18N6.C3H8O3S/c1-11-7-13-5-6-14(8-15(13)21-10-11)19-23-16-9-17-18(22-12(2)25(17)3)24-20(16)26(19)4;1-2-3-7(4,5)6/h5-10H,1-4H3;2-3H2,1H3,(H,4,5,6). The van der Waals surface area contributed by atoms with E-state index in [1.807, 2.05) is 36.4 Å². The van der Waals surface area contributed by atoms with Gasteiger partial charge in [-0.05, 0) is 44.0 Å². The molecule has 9 nitrogen and oxygen atoms in total. The molecule has 172 valence electrons. The summed E-state index contributed by atoms with van der Waals surface area (Å²) < 4.78 is 31.6. The van der Waals surface area contributed by atoms with Crippen LogP contribution in [0, 0.1) is 13.8 Å². The summed E-state index contributed by atoms with van der Waals surface area (Å²) in [5, 5.41) is 1.14. The minimum absolute atomic E-state index is 0.132. The van der Waals surface area contributed by atoms with Crippen molar-refractivity contribution >= 4 is 43.3 Å². The Kier molecular flexibility index (Phi) is 5.89. The summed E-state index contributed by atoms with van der Waals surface area (Å²) in [5.74, 6) is 1.69. The lowest BCUT2D eigenvalue weighted by Gasteiger charge is -2.04. The first-order valence-electron chi connectivity index (χ1n) is 10.6. The van der Waals surface area contributed by atoms with E-state index >= 15 is 0 Å². The second kappa shape index (κ2) is 8.53. The summed E-state index contributed by atoms with van der Waals surface area (Å²) in [6.45, 7) is 5.72. The van der Waals surface area contributed by atoms with E-state index in [-0.39, 0.29) is 5.75 Å². The first-order chi connectivity index (χ1) is 15.6. The van der Waals surface area contributed by atoms with Gasteiger partial charge >= 0.3 is 0 Å². The van der Waals surface area contributed by atoms with E-state index in [2.05, 4.69) is 47.2 Å². The van der Waals surface area contributed by atoms with Crippen LogP contribution in [-0.2, 0) is 24.2 Å². The summed E-state index contributed by atoms with van der Waals surface area (Å²) in [6.07, 6.45) is 2.36. The van der Waals surface area contributed by atoms with Gasteiger partial charge in [-0.1, -0.05) is 19.1 Å². The topological polar surface area (TPSA) is 116 Å². The molecule has 5 rings (SSSR count). The van der Waals surface area contributed by atoms with Crippen LogP contribution in [0.4, 0.5) is 0 Å². The smallest absolute Gasteiger partial charge is 0.264 e. The van der Waals surface area contributed by atoms with Gasteiger partial charge in [0.1, 0.15) is 17.2 Å². The van der Waals surface area contributed by atoms with E-state index in [1.54, 1.807) is 6.92 Å². The van der Waals surface area contributed by atoms with Crippen molar-refractivity contribution in [3.63, 3.8) is 0 Å². The molecule has 33 heavy (non-hydrogen) atoms. The second-order valence-electron chi connectivity index (χ2n) is 8.09. The highest BCUT2D eigenvalue weighted by molar-refractivity contribution is 7.85. The van der Waals surface area contributed by atoms with Crippen molar-refractivity contribution in [2.24, 2.45) is 14.1 Å². The maximum Gasteiger partial charge on any atom is 0.264 e. The summed E-state index contributed by atoms with van der Waals surface area (Å²) >= 11 is 0. The van der Waals surface area contributed by atoms with Crippen molar-refractivity contribution in [2.75, 3.05) is 5.75 Å². The molecule has 5 aromatic rings. The Bertz CT molecular complexity index is 1600. The molecular weight excluding hydrogens is 440 g/mol. The number of rotatable bonds is 3. The highest BCUT2D eigenvalue weighted by atomic mass is 32.2. The summed E-state index contributed by atoms with van der Waals surface area (Å²) in [5.41, 5.74) is 6.61. The number of nitrogens with zero attached hydrogens (tertiary/aromatic N) is 6. The van der Waals surface area contributed by atoms with Crippen LogP contribution < -0.4 is 0 Å². The Morgan fingerprint density at radius 2 is 1.73 bits per heavy atom. The Balaban J connectivity index is 0.000000325. The zero-order valence-electron chi connectivity index (χ0n) is 19.2. The van der Waals surface area contributed by atoms with Crippen molar-refractivity contribution in [3.8, 4) is 11.4 Å². The fourth-order valence-corrected chi connectivity index (χ4v) is 4.23. The van der Waals surface area contributed by atoms with E-state index in [0.717, 1.165) is 56.0 Å². The van der Waals surface area contributed by atoms with Crippen molar-refractivity contribution < 1.29 is 13.0 Å². The molecule has 0 radical (unpaired) electrons. The molecule has 0 atom stereocenters. The third-order valence-corrected chi connectivity index (χ3v) is 6.38. The molecule has 0 aliphatic heterocycles. The van der Waals surface area contributed by atoms with Crippen LogP contribution in [0.3, 0.4) is 0 Å². The molecule has 10 heteroatoms. The lowest BCUT2D eigenvalue weighted by Crippen LogP contribution is -2.01. The van der Waals surface area contributed by atoms with Crippen LogP contribution in [0.15, 0.2) is 36.5 Å². The van der Waals surface area contributed by atoms with Gasteiger partial charge in [-0.3, -0.25) is 9.54 Å². The van der Waals surface area contributed by atoms with Gasteiger partial charge in [0.05, 0.1) is 16.8 Å². The molecule has 0 aliphatic rings. The molecule has 0 saturated carbocycles. The molecule has 0 spiro atoms. The molecule has 0 amide bonds. The monoisotopic (exact) mass is 466 g/mol. The molecule has 4 aromatic heterocycles. The average molecular weight is 467 g/mol. The van der Waals surface area contributed by atoms with Gasteiger partial charge in [0.2, 0.25) is 0 Å². The maximum absolute atomic E-state index is 9.79. The maximum atomic E-state index is 9.79. The number of hydrogen-bond donors (Lipinski definition) is 1. The minimum atomic E-state index is -3.67. The highest BCUT2D eigenvalue weighted by Crippen LogP contribution is 2.27. The van der Waals surface area contributed by atoms with Crippen molar-refractivity contribution in [1.82, 2.24) is 29.1 Å². The predicted octanol–water partition coefficient (Wildman–Crippen LogP) is 3.97. The molecule has 1 N–H and O–H groups in total. The van der Waals surface area contributed by atoms with E-state index in [0.29, 0.717) is 6.42 Å². The number of imidazole rings is 2. The molecule has 0 aliphatic carbocycles. The average Bonchev–Trinajstić information content (AvgIpc) is 3.21. The lowest BCUT2D eigenvalue weighted by molar-refractivity contribution is 0.482. The van der Waals surface area contributed by atoms with E-state index in [1.165, 1.54) is 0 Å². The van der Waals surface area contributed by atoms with Crippen molar-refractivity contribution in [3.05, 3.63) is 47.9 Å². The highest BCUT2D eigenvalue weighted by Gasteiger charge is 2.15. The van der Waals surface area contributed by atoms with E-state index < -0.39 is 10.1 Å². The SMILES string of the molecule is CCCS(=O)(=O)O.Cc1cnc2cc(-c3nc4cc5c(nc(C)n5C)nc4n3C)ccc2c1. The molecule has 1 aromatic carbocycles. The Hall–Kier alpha value is -3.37. The van der Waals surface area contributed by atoms with Crippen LogP contribution in [0.1, 0.15) is 24.7 Å². The first kappa shape index (κ1) is 22.8. The number of aryl methyl sites for hydroxylation is 4. The quantitative estimate of drug-likeness (QED) is 0.400. The molecule has 4 heterocycles. The van der Waals surface area contributed by atoms with Crippen molar-refractivity contribution in [2.45, 2.75) is 27.2 Å². The van der Waals surface area contributed by atoms with Gasteiger partial charge in [-0.15, -0.1) is 0 Å². The summed E-state index contributed by atoms with van der Waals surface area (Å²) in [4.78, 5) is 18.6. The molecule has 0 fully saturated rings. The number of aromatic nitrogens is 6. The fourth-order valence-electron chi connectivity index (χ4n) is 3.71. The van der Waals surface area contributed by atoms with E-state index in [9.17, 15) is 8.42 Å². The third-order valence-electron chi connectivity index (χ3n) is 5.46. The summed E-state index contributed by atoms with van der Waals surface area (Å²) in [6, 6.07) is 10.5. The Labute approximate surface area is 191 Å². The Morgan fingerprint density at radius 3 is 2.39 bits per heavy atom. The third kappa shape index (κ3) is 4.57. The zero-order chi connectivity index (χ0) is 23.9. The Morgan fingerprint density at radius 1 is 0.970 bits per heavy atom. The van der Waals surface area contributed by atoms with Gasteiger partial charge in [0.25, 0.3) is 10.1 Å². The molecular formula is C23H26N6O3S. The summed E-state index contributed by atoms with van der Waals surface area (Å²) in [7, 11) is 0.317. The largest absolute Gasteiger partial charge is 0.330 e.